The monoisotopic (exact) mass is 383 g/mol. The first-order chi connectivity index (χ1) is 13.6. The van der Waals surface area contributed by atoms with Gasteiger partial charge in [0.15, 0.2) is 0 Å². The summed E-state index contributed by atoms with van der Waals surface area (Å²) in [6.45, 7) is 4.62. The fourth-order valence-corrected chi connectivity index (χ4v) is 3.16. The number of benzene rings is 1. The standard InChI is InChI=1S/C20H25N5O3/c1-15(26)24-11-13-25(14-12-24)20-22-10-8-17(23-20)19(27)21-9-7-16-5-3-4-6-18(16)28-2/h3-6,8,10H,7,9,11-14H2,1-2H3,(H,21,27). The first-order valence-electron chi connectivity index (χ1n) is 9.32. The van der Waals surface area contributed by atoms with Crippen molar-refractivity contribution in [2.24, 2.45) is 0 Å². The van der Waals surface area contributed by atoms with Crippen molar-refractivity contribution >= 4 is 17.8 Å². The first kappa shape index (κ1) is 19.6. The molecule has 0 aliphatic carbocycles. The maximum Gasteiger partial charge on any atom is 0.270 e. The SMILES string of the molecule is COc1ccccc1CCNC(=O)c1ccnc(N2CCN(C(C)=O)CC2)n1. The van der Waals surface area contributed by atoms with E-state index in [0.29, 0.717) is 50.8 Å². The molecule has 1 aromatic heterocycles. The minimum absolute atomic E-state index is 0.0729. The van der Waals surface area contributed by atoms with Crippen molar-refractivity contribution in [3.05, 3.63) is 47.8 Å². The maximum absolute atomic E-state index is 12.5. The molecule has 1 aliphatic rings. The van der Waals surface area contributed by atoms with Gasteiger partial charge >= 0.3 is 0 Å². The summed E-state index contributed by atoms with van der Waals surface area (Å²) in [5, 5.41) is 2.89. The minimum Gasteiger partial charge on any atom is -0.496 e. The van der Waals surface area contributed by atoms with E-state index >= 15 is 0 Å². The summed E-state index contributed by atoms with van der Waals surface area (Å²) in [6, 6.07) is 9.35. The molecule has 2 aromatic rings. The second kappa shape index (κ2) is 9.16. The van der Waals surface area contributed by atoms with Crippen LogP contribution in [-0.2, 0) is 11.2 Å². The molecule has 0 saturated carbocycles. The van der Waals surface area contributed by atoms with Crippen molar-refractivity contribution in [3.63, 3.8) is 0 Å². The van der Waals surface area contributed by atoms with Gasteiger partial charge in [-0.3, -0.25) is 9.59 Å². The molecule has 1 saturated heterocycles. The van der Waals surface area contributed by atoms with Crippen LogP contribution in [0, 0.1) is 0 Å². The number of nitrogens with zero attached hydrogens (tertiary/aromatic N) is 4. The minimum atomic E-state index is -0.235. The van der Waals surface area contributed by atoms with Crippen molar-refractivity contribution in [1.29, 1.82) is 0 Å². The Hall–Kier alpha value is -3.16. The molecule has 28 heavy (non-hydrogen) atoms. The fourth-order valence-electron chi connectivity index (χ4n) is 3.16. The zero-order chi connectivity index (χ0) is 19.9. The van der Waals surface area contributed by atoms with Gasteiger partial charge < -0.3 is 19.9 Å². The Bertz CT molecular complexity index is 834. The Morgan fingerprint density at radius 3 is 2.61 bits per heavy atom. The maximum atomic E-state index is 12.5. The van der Waals surface area contributed by atoms with Crippen LogP contribution in [0.3, 0.4) is 0 Å². The molecule has 2 amide bonds. The molecule has 8 nitrogen and oxygen atoms in total. The summed E-state index contributed by atoms with van der Waals surface area (Å²) in [7, 11) is 1.63. The number of ether oxygens (including phenoxy) is 1. The number of aromatic nitrogens is 2. The Morgan fingerprint density at radius 1 is 1.14 bits per heavy atom. The molecule has 0 radical (unpaired) electrons. The number of anilines is 1. The van der Waals surface area contributed by atoms with E-state index in [0.717, 1.165) is 11.3 Å². The van der Waals surface area contributed by atoms with Crippen molar-refractivity contribution in [2.75, 3.05) is 44.7 Å². The van der Waals surface area contributed by atoms with Gasteiger partial charge in [0.2, 0.25) is 11.9 Å². The number of piperazine rings is 1. The molecule has 0 spiro atoms. The average Bonchev–Trinajstić information content (AvgIpc) is 2.74. The molecule has 1 aliphatic heterocycles. The Balaban J connectivity index is 1.56. The van der Waals surface area contributed by atoms with Gasteiger partial charge in [0, 0.05) is 45.8 Å². The normalized spacial score (nSPS) is 13.9. The van der Waals surface area contributed by atoms with E-state index in [1.165, 1.54) is 0 Å². The lowest BCUT2D eigenvalue weighted by Crippen LogP contribution is -2.48. The van der Waals surface area contributed by atoms with Gasteiger partial charge in [-0.2, -0.15) is 0 Å². The first-order valence-corrected chi connectivity index (χ1v) is 9.32. The molecule has 2 heterocycles. The lowest BCUT2D eigenvalue weighted by Gasteiger charge is -2.34. The van der Waals surface area contributed by atoms with Crippen molar-refractivity contribution in [1.82, 2.24) is 20.2 Å². The number of hydrogen-bond acceptors (Lipinski definition) is 6. The number of para-hydroxylation sites is 1. The topological polar surface area (TPSA) is 87.7 Å². The van der Waals surface area contributed by atoms with Gasteiger partial charge in [-0.25, -0.2) is 9.97 Å². The van der Waals surface area contributed by atoms with Crippen LogP contribution in [0.25, 0.3) is 0 Å². The summed E-state index contributed by atoms with van der Waals surface area (Å²) in [4.78, 5) is 36.4. The highest BCUT2D eigenvalue weighted by Crippen LogP contribution is 2.17. The molecule has 0 bridgehead atoms. The third kappa shape index (κ3) is 4.76. The van der Waals surface area contributed by atoms with Crippen LogP contribution in [0.2, 0.25) is 0 Å². The van der Waals surface area contributed by atoms with Crippen LogP contribution >= 0.6 is 0 Å². The van der Waals surface area contributed by atoms with Gasteiger partial charge in [0.1, 0.15) is 11.4 Å². The second-order valence-corrected chi connectivity index (χ2v) is 6.55. The zero-order valence-corrected chi connectivity index (χ0v) is 16.2. The van der Waals surface area contributed by atoms with Crippen LogP contribution in [0.4, 0.5) is 5.95 Å². The number of carbonyl (C=O) groups excluding carboxylic acids is 2. The molecule has 148 valence electrons. The van der Waals surface area contributed by atoms with E-state index in [2.05, 4.69) is 15.3 Å². The van der Waals surface area contributed by atoms with Crippen LogP contribution in [0.5, 0.6) is 5.75 Å². The summed E-state index contributed by atoms with van der Waals surface area (Å²) < 4.78 is 5.33. The number of rotatable bonds is 6. The van der Waals surface area contributed by atoms with Crippen LogP contribution in [0.15, 0.2) is 36.5 Å². The third-order valence-electron chi connectivity index (χ3n) is 4.76. The van der Waals surface area contributed by atoms with Crippen LogP contribution in [-0.4, -0.2) is 66.5 Å². The Labute approximate surface area is 164 Å². The van der Waals surface area contributed by atoms with E-state index in [1.807, 2.05) is 29.2 Å². The average molecular weight is 383 g/mol. The van der Waals surface area contributed by atoms with Crippen molar-refractivity contribution < 1.29 is 14.3 Å². The van der Waals surface area contributed by atoms with E-state index in [9.17, 15) is 9.59 Å². The predicted octanol–water partition coefficient (Wildman–Crippen LogP) is 1.13. The van der Waals surface area contributed by atoms with Gasteiger partial charge in [-0.1, -0.05) is 18.2 Å². The number of hydrogen-bond donors (Lipinski definition) is 1. The second-order valence-electron chi connectivity index (χ2n) is 6.55. The lowest BCUT2D eigenvalue weighted by atomic mass is 10.1. The van der Waals surface area contributed by atoms with Gasteiger partial charge in [0.25, 0.3) is 5.91 Å². The smallest absolute Gasteiger partial charge is 0.270 e. The summed E-state index contributed by atoms with van der Waals surface area (Å²) in [6.07, 6.45) is 2.26. The van der Waals surface area contributed by atoms with Gasteiger partial charge in [-0.15, -0.1) is 0 Å². The molecule has 0 atom stereocenters. The predicted molar refractivity (Wildman–Crippen MR) is 106 cm³/mol. The fraction of sp³-hybridized carbons (Fsp3) is 0.400. The van der Waals surface area contributed by atoms with E-state index in [4.69, 9.17) is 4.74 Å². The Kier molecular flexibility index (Phi) is 6.41. The molecule has 1 fully saturated rings. The summed E-state index contributed by atoms with van der Waals surface area (Å²) in [5.74, 6) is 1.16. The van der Waals surface area contributed by atoms with Crippen LogP contribution < -0.4 is 15.0 Å². The molecule has 1 N–H and O–H groups in total. The lowest BCUT2D eigenvalue weighted by molar-refractivity contribution is -0.129. The quantitative estimate of drug-likeness (QED) is 0.805. The number of nitrogens with one attached hydrogen (secondary N) is 1. The van der Waals surface area contributed by atoms with Gasteiger partial charge in [0.05, 0.1) is 7.11 Å². The Morgan fingerprint density at radius 2 is 1.89 bits per heavy atom. The highest BCUT2D eigenvalue weighted by atomic mass is 16.5. The van der Waals surface area contributed by atoms with E-state index < -0.39 is 0 Å². The van der Waals surface area contributed by atoms with Gasteiger partial charge in [-0.05, 0) is 24.1 Å². The summed E-state index contributed by atoms with van der Waals surface area (Å²) in [5.41, 5.74) is 1.37. The zero-order valence-electron chi connectivity index (χ0n) is 16.2. The summed E-state index contributed by atoms with van der Waals surface area (Å²) >= 11 is 0. The van der Waals surface area contributed by atoms with Crippen LogP contribution in [0.1, 0.15) is 23.0 Å². The molecule has 8 heteroatoms. The largest absolute Gasteiger partial charge is 0.496 e. The molecule has 1 aromatic carbocycles. The van der Waals surface area contributed by atoms with Crippen molar-refractivity contribution in [2.45, 2.75) is 13.3 Å². The number of amides is 2. The number of carbonyl (C=O) groups is 2. The molecule has 3 rings (SSSR count). The van der Waals surface area contributed by atoms with E-state index in [-0.39, 0.29) is 11.8 Å². The molecular weight excluding hydrogens is 358 g/mol. The highest BCUT2D eigenvalue weighted by molar-refractivity contribution is 5.92. The van der Waals surface area contributed by atoms with E-state index in [1.54, 1.807) is 31.2 Å². The van der Waals surface area contributed by atoms with Crippen molar-refractivity contribution in [3.8, 4) is 5.75 Å². The third-order valence-corrected chi connectivity index (χ3v) is 4.76. The molecule has 0 unspecified atom stereocenters. The molecular formula is C20H25N5O3. The number of methoxy groups -OCH3 is 1. The highest BCUT2D eigenvalue weighted by Gasteiger charge is 2.21.